The predicted molar refractivity (Wildman–Crippen MR) is 89.1 cm³/mol. The molecular formula is C14H16ClN7S. The molecule has 0 fully saturated rings. The Kier molecular flexibility index (Phi) is 4.92. The lowest BCUT2D eigenvalue weighted by Crippen LogP contribution is -2.04. The zero-order chi connectivity index (χ0) is 16.2. The second-order valence-electron chi connectivity index (χ2n) is 4.95. The van der Waals surface area contributed by atoms with Crippen LogP contribution in [0, 0.1) is 0 Å². The Bertz CT molecular complexity index is 798. The fourth-order valence-corrected chi connectivity index (χ4v) is 3.22. The van der Waals surface area contributed by atoms with Crippen LogP contribution >= 0.6 is 23.4 Å². The van der Waals surface area contributed by atoms with Gasteiger partial charge in [-0.15, -0.1) is 15.3 Å². The van der Waals surface area contributed by atoms with E-state index in [0.29, 0.717) is 10.8 Å². The van der Waals surface area contributed by atoms with Gasteiger partial charge in [-0.3, -0.25) is 0 Å². The molecule has 3 rings (SSSR count). The normalized spacial score (nSPS) is 11.1. The van der Waals surface area contributed by atoms with E-state index in [4.69, 9.17) is 11.6 Å². The summed E-state index contributed by atoms with van der Waals surface area (Å²) < 4.78 is 3.75. The lowest BCUT2D eigenvalue weighted by molar-refractivity contribution is 0.564. The number of tetrazole rings is 1. The van der Waals surface area contributed by atoms with Crippen LogP contribution in [0.15, 0.2) is 29.4 Å². The summed E-state index contributed by atoms with van der Waals surface area (Å²) in [6.45, 7) is 2.91. The second-order valence-corrected chi connectivity index (χ2v) is 6.30. The molecule has 0 amide bonds. The highest BCUT2D eigenvalue weighted by Gasteiger charge is 2.15. The van der Waals surface area contributed by atoms with E-state index in [-0.39, 0.29) is 0 Å². The van der Waals surface area contributed by atoms with Crippen molar-refractivity contribution in [3.8, 4) is 11.4 Å². The van der Waals surface area contributed by atoms with Crippen LogP contribution < -0.4 is 0 Å². The lowest BCUT2D eigenvalue weighted by Gasteiger charge is -2.05. The van der Waals surface area contributed by atoms with E-state index in [1.807, 2.05) is 40.6 Å². The Morgan fingerprint density at radius 1 is 1.17 bits per heavy atom. The van der Waals surface area contributed by atoms with Gasteiger partial charge in [-0.2, -0.15) is 0 Å². The highest BCUT2D eigenvalue weighted by Crippen LogP contribution is 2.29. The molecule has 0 saturated heterocycles. The van der Waals surface area contributed by atoms with E-state index in [1.165, 1.54) is 0 Å². The monoisotopic (exact) mass is 349 g/mol. The van der Waals surface area contributed by atoms with Crippen LogP contribution in [-0.2, 0) is 19.3 Å². The van der Waals surface area contributed by atoms with Gasteiger partial charge in [-0.25, -0.2) is 4.68 Å². The van der Waals surface area contributed by atoms with E-state index in [1.54, 1.807) is 11.8 Å². The summed E-state index contributed by atoms with van der Waals surface area (Å²) in [5, 5.41) is 21.7. The number of halogens is 1. The van der Waals surface area contributed by atoms with Gasteiger partial charge in [0.05, 0.1) is 10.8 Å². The van der Waals surface area contributed by atoms with E-state index in [2.05, 4.69) is 32.6 Å². The molecule has 0 aliphatic carbocycles. The van der Waals surface area contributed by atoms with Gasteiger partial charge in [0.2, 0.25) is 0 Å². The molecule has 2 aromatic heterocycles. The summed E-state index contributed by atoms with van der Waals surface area (Å²) >= 11 is 7.79. The number of benzene rings is 1. The van der Waals surface area contributed by atoms with E-state index >= 15 is 0 Å². The first kappa shape index (κ1) is 15.9. The van der Waals surface area contributed by atoms with Gasteiger partial charge >= 0.3 is 0 Å². The summed E-state index contributed by atoms with van der Waals surface area (Å²) in [6.07, 6.45) is 0.989. The predicted octanol–water partition coefficient (Wildman–Crippen LogP) is 2.82. The fraction of sp³-hybridized carbons (Fsp3) is 0.357. The van der Waals surface area contributed by atoms with E-state index in [0.717, 1.165) is 35.3 Å². The molecular weight excluding hydrogens is 334 g/mol. The van der Waals surface area contributed by atoms with Gasteiger partial charge in [0.15, 0.2) is 16.8 Å². The first-order chi connectivity index (χ1) is 11.2. The largest absolute Gasteiger partial charge is 0.305 e. The molecule has 120 valence electrons. The first-order valence-electron chi connectivity index (χ1n) is 7.22. The number of aryl methyl sites for hydroxylation is 1. The van der Waals surface area contributed by atoms with Crippen LogP contribution in [0.25, 0.3) is 11.4 Å². The third-order valence-electron chi connectivity index (χ3n) is 3.32. The van der Waals surface area contributed by atoms with Gasteiger partial charge in [0, 0.05) is 19.2 Å². The molecule has 2 heterocycles. The Balaban J connectivity index is 1.78. The standard InChI is InChI=1S/C14H16ClN7S/c1-3-8-22-12(16-19-20-22)9-23-14-18-17-13(21(14)2)10-6-4-5-7-11(10)15/h4-7H,3,8-9H2,1-2H3. The van der Waals surface area contributed by atoms with Crippen LogP contribution in [0.5, 0.6) is 0 Å². The smallest absolute Gasteiger partial charge is 0.191 e. The molecule has 23 heavy (non-hydrogen) atoms. The third-order valence-corrected chi connectivity index (χ3v) is 4.67. The number of rotatable bonds is 6. The van der Waals surface area contributed by atoms with Crippen molar-refractivity contribution in [3.05, 3.63) is 35.1 Å². The van der Waals surface area contributed by atoms with Crippen LogP contribution in [0.1, 0.15) is 19.2 Å². The Hall–Kier alpha value is -1.93. The molecule has 0 N–H and O–H groups in total. The molecule has 7 nitrogen and oxygen atoms in total. The SMILES string of the molecule is CCCn1nnnc1CSc1nnc(-c2ccccc2Cl)n1C. The maximum atomic E-state index is 6.24. The van der Waals surface area contributed by atoms with Crippen molar-refractivity contribution in [2.45, 2.75) is 30.8 Å². The van der Waals surface area contributed by atoms with Gasteiger partial charge in [-0.1, -0.05) is 42.4 Å². The second kappa shape index (κ2) is 7.10. The third kappa shape index (κ3) is 3.37. The Morgan fingerprint density at radius 3 is 2.78 bits per heavy atom. The van der Waals surface area contributed by atoms with Crippen molar-refractivity contribution in [1.29, 1.82) is 0 Å². The molecule has 1 aromatic carbocycles. The van der Waals surface area contributed by atoms with Crippen molar-refractivity contribution in [2.24, 2.45) is 7.05 Å². The van der Waals surface area contributed by atoms with Crippen molar-refractivity contribution in [3.63, 3.8) is 0 Å². The maximum absolute atomic E-state index is 6.24. The van der Waals surface area contributed by atoms with Crippen LogP contribution in [0.3, 0.4) is 0 Å². The average molecular weight is 350 g/mol. The quantitative estimate of drug-likeness (QED) is 0.637. The fourth-order valence-electron chi connectivity index (χ4n) is 2.16. The summed E-state index contributed by atoms with van der Waals surface area (Å²) in [6, 6.07) is 7.60. The number of aromatic nitrogens is 7. The Labute approximate surface area is 143 Å². The molecule has 0 radical (unpaired) electrons. The average Bonchev–Trinajstić information content (AvgIpc) is 3.13. The molecule has 9 heteroatoms. The van der Waals surface area contributed by atoms with Gasteiger partial charge in [-0.05, 0) is 29.0 Å². The molecule has 0 saturated carbocycles. The molecule has 0 spiro atoms. The molecule has 0 unspecified atom stereocenters. The first-order valence-corrected chi connectivity index (χ1v) is 8.59. The summed E-state index contributed by atoms with van der Waals surface area (Å²) in [5.41, 5.74) is 0.867. The van der Waals surface area contributed by atoms with Crippen LogP contribution in [-0.4, -0.2) is 35.0 Å². The molecule has 0 aliphatic heterocycles. The topological polar surface area (TPSA) is 74.3 Å². The van der Waals surface area contributed by atoms with Crippen molar-refractivity contribution in [1.82, 2.24) is 35.0 Å². The van der Waals surface area contributed by atoms with Crippen molar-refractivity contribution >= 4 is 23.4 Å². The zero-order valence-electron chi connectivity index (χ0n) is 12.8. The minimum atomic E-state index is 0.640. The van der Waals surface area contributed by atoms with Gasteiger partial charge in [0.25, 0.3) is 0 Å². The van der Waals surface area contributed by atoms with Gasteiger partial charge in [0.1, 0.15) is 0 Å². The highest BCUT2D eigenvalue weighted by molar-refractivity contribution is 7.98. The number of hydrogen-bond acceptors (Lipinski definition) is 6. The maximum Gasteiger partial charge on any atom is 0.191 e. The molecule has 3 aromatic rings. The summed E-state index contributed by atoms with van der Waals surface area (Å²) in [7, 11) is 1.93. The van der Waals surface area contributed by atoms with Crippen molar-refractivity contribution < 1.29 is 0 Å². The van der Waals surface area contributed by atoms with Gasteiger partial charge < -0.3 is 4.57 Å². The van der Waals surface area contributed by atoms with E-state index in [9.17, 15) is 0 Å². The summed E-state index contributed by atoms with van der Waals surface area (Å²) in [4.78, 5) is 0. The number of hydrogen-bond donors (Lipinski definition) is 0. The van der Waals surface area contributed by atoms with Crippen molar-refractivity contribution in [2.75, 3.05) is 0 Å². The highest BCUT2D eigenvalue weighted by atomic mass is 35.5. The zero-order valence-corrected chi connectivity index (χ0v) is 14.4. The van der Waals surface area contributed by atoms with E-state index < -0.39 is 0 Å². The molecule has 0 atom stereocenters. The van der Waals surface area contributed by atoms with Crippen LogP contribution in [0.2, 0.25) is 5.02 Å². The molecule has 0 aliphatic rings. The lowest BCUT2D eigenvalue weighted by atomic mass is 10.2. The molecule has 0 bridgehead atoms. The number of thioether (sulfide) groups is 1. The minimum Gasteiger partial charge on any atom is -0.305 e. The van der Waals surface area contributed by atoms with Crippen LogP contribution in [0.4, 0.5) is 0 Å². The minimum absolute atomic E-state index is 0.640. The summed E-state index contributed by atoms with van der Waals surface area (Å²) in [5.74, 6) is 2.21. The number of nitrogens with zero attached hydrogens (tertiary/aromatic N) is 7. The Morgan fingerprint density at radius 2 is 2.00 bits per heavy atom.